The molecule has 2 aromatic rings. The van der Waals surface area contributed by atoms with Gasteiger partial charge in [-0.2, -0.15) is 4.31 Å². The first-order valence-corrected chi connectivity index (χ1v) is 7.70. The molecule has 7 heteroatoms. The Morgan fingerprint density at radius 2 is 2.11 bits per heavy atom. The van der Waals surface area contributed by atoms with E-state index in [0.29, 0.717) is 10.2 Å². The molecule has 0 aliphatic rings. The van der Waals surface area contributed by atoms with Crippen LogP contribution in [0.5, 0.6) is 0 Å². The van der Waals surface area contributed by atoms with Gasteiger partial charge >= 0.3 is 0 Å². The highest BCUT2D eigenvalue weighted by atomic mass is 79.9. The largest absolute Gasteiger partial charge is 0.262 e. The highest BCUT2D eigenvalue weighted by Gasteiger charge is 2.21. The minimum absolute atomic E-state index is 0.153. The molecule has 0 fully saturated rings. The van der Waals surface area contributed by atoms with Gasteiger partial charge < -0.3 is 0 Å². The molecular formula is C12H12BrN3O2S. The molecule has 0 spiro atoms. The van der Waals surface area contributed by atoms with E-state index in [-0.39, 0.29) is 11.4 Å². The van der Waals surface area contributed by atoms with Gasteiger partial charge in [-0.15, -0.1) is 0 Å². The summed E-state index contributed by atoms with van der Waals surface area (Å²) >= 11 is 3.21. The van der Waals surface area contributed by atoms with Crippen molar-refractivity contribution >= 4 is 26.0 Å². The highest BCUT2D eigenvalue weighted by molar-refractivity contribution is 9.10. The van der Waals surface area contributed by atoms with Gasteiger partial charge in [0.05, 0.1) is 12.2 Å². The number of aromatic nitrogens is 2. The van der Waals surface area contributed by atoms with Gasteiger partial charge in [0.2, 0.25) is 10.0 Å². The van der Waals surface area contributed by atoms with E-state index < -0.39 is 10.0 Å². The molecule has 0 unspecified atom stereocenters. The molecule has 0 atom stereocenters. The minimum Gasteiger partial charge on any atom is -0.262 e. The molecule has 2 heterocycles. The van der Waals surface area contributed by atoms with E-state index in [1.54, 1.807) is 18.3 Å². The first-order valence-electron chi connectivity index (χ1n) is 5.47. The van der Waals surface area contributed by atoms with Crippen LogP contribution in [0.3, 0.4) is 0 Å². The van der Waals surface area contributed by atoms with Crippen LogP contribution >= 0.6 is 15.9 Å². The van der Waals surface area contributed by atoms with E-state index in [9.17, 15) is 8.42 Å². The summed E-state index contributed by atoms with van der Waals surface area (Å²) in [6.07, 6.45) is 4.50. The van der Waals surface area contributed by atoms with Crippen molar-refractivity contribution in [3.8, 4) is 0 Å². The Labute approximate surface area is 120 Å². The van der Waals surface area contributed by atoms with Crippen molar-refractivity contribution in [2.45, 2.75) is 11.4 Å². The molecule has 100 valence electrons. The predicted molar refractivity (Wildman–Crippen MR) is 74.8 cm³/mol. The van der Waals surface area contributed by atoms with E-state index in [1.165, 1.54) is 29.8 Å². The molecule has 2 aromatic heterocycles. The molecule has 0 aromatic carbocycles. The SMILES string of the molecule is CN(Cc1ccccn1)S(=O)(=O)c1cncc(Br)c1. The first-order chi connectivity index (χ1) is 9.00. The maximum atomic E-state index is 12.3. The number of rotatable bonds is 4. The summed E-state index contributed by atoms with van der Waals surface area (Å²) < 4.78 is 26.5. The number of hydrogen-bond donors (Lipinski definition) is 0. The number of hydrogen-bond acceptors (Lipinski definition) is 4. The summed E-state index contributed by atoms with van der Waals surface area (Å²) in [5, 5.41) is 0. The van der Waals surface area contributed by atoms with E-state index in [1.807, 2.05) is 6.07 Å². The second-order valence-corrected chi connectivity index (χ2v) is 6.88. The molecule has 2 rings (SSSR count). The smallest absolute Gasteiger partial charge is 0.244 e. The number of pyridine rings is 2. The van der Waals surface area contributed by atoms with Crippen molar-refractivity contribution in [2.24, 2.45) is 0 Å². The number of sulfonamides is 1. The third-order valence-electron chi connectivity index (χ3n) is 2.50. The average Bonchev–Trinajstić information content (AvgIpc) is 2.40. The fourth-order valence-electron chi connectivity index (χ4n) is 1.52. The molecule has 0 bridgehead atoms. The van der Waals surface area contributed by atoms with Crippen LogP contribution in [0.4, 0.5) is 0 Å². The second kappa shape index (κ2) is 5.77. The lowest BCUT2D eigenvalue weighted by atomic mass is 10.3. The molecule has 0 N–H and O–H groups in total. The number of nitrogens with zero attached hydrogens (tertiary/aromatic N) is 3. The fourth-order valence-corrected chi connectivity index (χ4v) is 3.17. The zero-order chi connectivity index (χ0) is 13.9. The minimum atomic E-state index is -3.56. The summed E-state index contributed by atoms with van der Waals surface area (Å²) in [7, 11) is -2.04. The van der Waals surface area contributed by atoms with Crippen LogP contribution in [0.1, 0.15) is 5.69 Å². The quantitative estimate of drug-likeness (QED) is 0.853. The Morgan fingerprint density at radius 1 is 1.32 bits per heavy atom. The van der Waals surface area contributed by atoms with Gasteiger partial charge in [0.25, 0.3) is 0 Å². The lowest BCUT2D eigenvalue weighted by molar-refractivity contribution is 0.462. The average molecular weight is 342 g/mol. The molecule has 0 radical (unpaired) electrons. The molecule has 0 saturated carbocycles. The van der Waals surface area contributed by atoms with Crippen LogP contribution in [0.15, 0.2) is 52.2 Å². The van der Waals surface area contributed by atoms with Gasteiger partial charge in [-0.05, 0) is 34.1 Å². The van der Waals surface area contributed by atoms with Gasteiger partial charge in [0.1, 0.15) is 4.90 Å². The topological polar surface area (TPSA) is 63.2 Å². The lowest BCUT2D eigenvalue weighted by Gasteiger charge is -2.16. The highest BCUT2D eigenvalue weighted by Crippen LogP contribution is 2.18. The zero-order valence-corrected chi connectivity index (χ0v) is 12.6. The summed E-state index contributed by atoms with van der Waals surface area (Å²) in [5.41, 5.74) is 0.691. The molecule has 0 amide bonds. The summed E-state index contributed by atoms with van der Waals surface area (Å²) in [4.78, 5) is 8.14. The van der Waals surface area contributed by atoms with Gasteiger partial charge in [-0.3, -0.25) is 9.97 Å². The molecule has 19 heavy (non-hydrogen) atoms. The summed E-state index contributed by atoms with van der Waals surface area (Å²) in [6, 6.07) is 6.92. The molecule has 5 nitrogen and oxygen atoms in total. The normalized spacial score (nSPS) is 11.7. The van der Waals surface area contributed by atoms with Crippen molar-refractivity contribution in [1.29, 1.82) is 0 Å². The molecule has 0 aliphatic carbocycles. The third kappa shape index (κ3) is 3.37. The second-order valence-electron chi connectivity index (χ2n) is 3.92. The maximum absolute atomic E-state index is 12.3. The van der Waals surface area contributed by atoms with Crippen molar-refractivity contribution < 1.29 is 8.42 Å². The maximum Gasteiger partial charge on any atom is 0.244 e. The molecule has 0 aliphatic heterocycles. The fraction of sp³-hybridized carbons (Fsp3) is 0.167. The Morgan fingerprint density at radius 3 is 2.74 bits per heavy atom. The van der Waals surface area contributed by atoms with Crippen LogP contribution in [-0.4, -0.2) is 29.7 Å². The Hall–Kier alpha value is -1.31. The summed E-state index contributed by atoms with van der Waals surface area (Å²) in [5.74, 6) is 0. The van der Waals surface area contributed by atoms with Gasteiger partial charge in [-0.1, -0.05) is 6.07 Å². The Bertz CT molecular complexity index is 662. The van der Waals surface area contributed by atoms with Crippen LogP contribution in [0.2, 0.25) is 0 Å². The van der Waals surface area contributed by atoms with Crippen molar-refractivity contribution in [1.82, 2.24) is 14.3 Å². The van der Waals surface area contributed by atoms with E-state index in [0.717, 1.165) is 0 Å². The van der Waals surface area contributed by atoms with Gasteiger partial charge in [-0.25, -0.2) is 8.42 Å². The predicted octanol–water partition coefficient (Wildman–Crippen LogP) is 2.06. The van der Waals surface area contributed by atoms with Crippen molar-refractivity contribution in [3.63, 3.8) is 0 Å². The Kier molecular flexibility index (Phi) is 4.28. The first kappa shape index (κ1) is 14.1. The van der Waals surface area contributed by atoms with Crippen molar-refractivity contribution in [3.05, 3.63) is 53.0 Å². The lowest BCUT2D eigenvalue weighted by Crippen LogP contribution is -2.27. The monoisotopic (exact) mass is 341 g/mol. The van der Waals surface area contributed by atoms with Crippen LogP contribution in [0.25, 0.3) is 0 Å². The van der Waals surface area contributed by atoms with E-state index in [4.69, 9.17) is 0 Å². The zero-order valence-electron chi connectivity index (χ0n) is 10.2. The third-order valence-corrected chi connectivity index (χ3v) is 4.70. The van der Waals surface area contributed by atoms with Gasteiger partial charge in [0, 0.05) is 30.1 Å². The molecular weight excluding hydrogens is 330 g/mol. The van der Waals surface area contributed by atoms with Crippen LogP contribution in [0, 0.1) is 0 Å². The molecule has 0 saturated heterocycles. The standard InChI is InChI=1S/C12H12BrN3O2S/c1-16(9-11-4-2-3-5-15-11)19(17,18)12-6-10(13)7-14-8-12/h2-8H,9H2,1H3. The van der Waals surface area contributed by atoms with E-state index in [2.05, 4.69) is 25.9 Å². The van der Waals surface area contributed by atoms with E-state index >= 15 is 0 Å². The summed E-state index contributed by atoms with van der Waals surface area (Å²) in [6.45, 7) is 0.218. The Balaban J connectivity index is 2.25. The van der Waals surface area contributed by atoms with Crippen LogP contribution in [-0.2, 0) is 16.6 Å². The number of halogens is 1. The van der Waals surface area contributed by atoms with Crippen LogP contribution < -0.4 is 0 Å². The van der Waals surface area contributed by atoms with Crippen molar-refractivity contribution in [2.75, 3.05) is 7.05 Å². The van der Waals surface area contributed by atoms with Gasteiger partial charge in [0.15, 0.2) is 0 Å².